The van der Waals surface area contributed by atoms with Crippen molar-refractivity contribution < 1.29 is 8.42 Å². The van der Waals surface area contributed by atoms with E-state index in [1.54, 1.807) is 24.3 Å². The first kappa shape index (κ1) is 15.3. The topological polar surface area (TPSA) is 57.9 Å². The van der Waals surface area contributed by atoms with E-state index in [0.29, 0.717) is 4.90 Å². The zero-order valence-corrected chi connectivity index (χ0v) is 14.3. The molecule has 1 saturated carbocycles. The molecule has 1 aliphatic carbocycles. The Labute approximate surface area is 138 Å². The molecule has 0 radical (unpaired) electrons. The predicted octanol–water partition coefficient (Wildman–Crippen LogP) is 3.84. The van der Waals surface area contributed by atoms with E-state index in [1.807, 2.05) is 31.2 Å². The number of nitriles is 1. The molecule has 2 aromatic rings. The van der Waals surface area contributed by atoms with Gasteiger partial charge in [0.2, 0.25) is 0 Å². The molecule has 3 rings (SSSR count). The summed E-state index contributed by atoms with van der Waals surface area (Å²) in [5.74, 6) is -0.725. The molecule has 0 N–H and O–H groups in total. The summed E-state index contributed by atoms with van der Waals surface area (Å²) in [5.41, 5.74) is 1.91. The normalized spacial score (nSPS) is 23.8. The second-order valence-corrected chi connectivity index (χ2v) is 8.58. The minimum absolute atomic E-state index is 0.246. The van der Waals surface area contributed by atoms with E-state index < -0.39 is 21.0 Å². The van der Waals surface area contributed by atoms with Gasteiger partial charge in [-0.05, 0) is 36.8 Å². The van der Waals surface area contributed by atoms with Crippen LogP contribution in [0.3, 0.4) is 0 Å². The molecule has 2 aromatic carbocycles. The van der Waals surface area contributed by atoms with E-state index in [2.05, 4.69) is 22.0 Å². The molecule has 3 nitrogen and oxygen atoms in total. The summed E-state index contributed by atoms with van der Waals surface area (Å²) in [6.07, 6.45) is 0. The lowest BCUT2D eigenvalue weighted by Gasteiger charge is -2.04. The highest BCUT2D eigenvalue weighted by atomic mass is 79.9. The summed E-state index contributed by atoms with van der Waals surface area (Å²) in [6.45, 7) is 1.91. The standard InChI is InChI=1S/C17H14BrNO2S/c1-11-2-8-14(9-3-11)22(20,21)17-15(10-19)16(17)12-4-6-13(18)7-5-12/h2-9,15-17H,1H3/t15-,16-,17+/m0/s1. The number of hydrogen-bond donors (Lipinski definition) is 0. The molecule has 5 heteroatoms. The van der Waals surface area contributed by atoms with Gasteiger partial charge in [-0.3, -0.25) is 0 Å². The molecule has 0 saturated heterocycles. The van der Waals surface area contributed by atoms with E-state index in [4.69, 9.17) is 0 Å². The monoisotopic (exact) mass is 375 g/mol. The molecule has 0 spiro atoms. The smallest absolute Gasteiger partial charge is 0.183 e. The summed E-state index contributed by atoms with van der Waals surface area (Å²) in [5, 5.41) is 8.64. The van der Waals surface area contributed by atoms with Crippen LogP contribution in [0.25, 0.3) is 0 Å². The van der Waals surface area contributed by atoms with E-state index in [-0.39, 0.29) is 5.92 Å². The van der Waals surface area contributed by atoms with Gasteiger partial charge in [-0.1, -0.05) is 45.8 Å². The van der Waals surface area contributed by atoms with E-state index >= 15 is 0 Å². The maximum absolute atomic E-state index is 12.8. The summed E-state index contributed by atoms with van der Waals surface area (Å²) in [7, 11) is -3.49. The molecule has 112 valence electrons. The summed E-state index contributed by atoms with van der Waals surface area (Å²) in [6, 6.07) is 16.5. The Morgan fingerprint density at radius 1 is 1.05 bits per heavy atom. The van der Waals surface area contributed by atoms with Crippen LogP contribution in [0, 0.1) is 24.2 Å². The van der Waals surface area contributed by atoms with Crippen molar-refractivity contribution in [3.63, 3.8) is 0 Å². The highest BCUT2D eigenvalue weighted by molar-refractivity contribution is 9.10. The third-order valence-electron chi connectivity index (χ3n) is 4.07. The van der Waals surface area contributed by atoms with Crippen LogP contribution in [-0.2, 0) is 9.84 Å². The van der Waals surface area contributed by atoms with E-state index in [0.717, 1.165) is 15.6 Å². The van der Waals surface area contributed by atoms with Crippen molar-refractivity contribution in [3.05, 3.63) is 64.1 Å². The molecule has 0 amide bonds. The third-order valence-corrected chi connectivity index (χ3v) is 6.83. The van der Waals surface area contributed by atoms with Gasteiger partial charge in [-0.15, -0.1) is 0 Å². The van der Waals surface area contributed by atoms with Crippen molar-refractivity contribution >= 4 is 25.8 Å². The fraction of sp³-hybridized carbons (Fsp3) is 0.235. The van der Waals surface area contributed by atoms with Gasteiger partial charge < -0.3 is 0 Å². The Morgan fingerprint density at radius 2 is 1.64 bits per heavy atom. The second kappa shape index (κ2) is 5.53. The lowest BCUT2D eigenvalue weighted by atomic mass is 10.1. The van der Waals surface area contributed by atoms with Gasteiger partial charge in [0.25, 0.3) is 0 Å². The largest absolute Gasteiger partial charge is 0.223 e. The minimum Gasteiger partial charge on any atom is -0.223 e. The van der Waals surface area contributed by atoms with Gasteiger partial charge in [-0.25, -0.2) is 8.42 Å². The Balaban J connectivity index is 1.95. The SMILES string of the molecule is Cc1ccc(S(=O)(=O)[C@@H]2[C@@H](C#N)[C@@H]2c2ccc(Br)cc2)cc1. The zero-order valence-electron chi connectivity index (χ0n) is 11.9. The maximum atomic E-state index is 12.8. The highest BCUT2D eigenvalue weighted by Crippen LogP contribution is 2.53. The number of hydrogen-bond acceptors (Lipinski definition) is 3. The number of nitrogens with zero attached hydrogens (tertiary/aromatic N) is 1. The lowest BCUT2D eigenvalue weighted by molar-refractivity contribution is 0.593. The first-order chi connectivity index (χ1) is 10.4. The Hall–Kier alpha value is -1.64. The Bertz CT molecular complexity index is 836. The fourth-order valence-electron chi connectivity index (χ4n) is 2.79. The van der Waals surface area contributed by atoms with Crippen molar-refractivity contribution in [2.75, 3.05) is 0 Å². The van der Waals surface area contributed by atoms with Crippen molar-refractivity contribution in [2.45, 2.75) is 23.0 Å². The van der Waals surface area contributed by atoms with Crippen LogP contribution in [-0.4, -0.2) is 13.7 Å². The molecule has 0 aromatic heterocycles. The van der Waals surface area contributed by atoms with Gasteiger partial charge in [-0.2, -0.15) is 5.26 Å². The Kier molecular flexibility index (Phi) is 3.84. The summed E-state index contributed by atoms with van der Waals surface area (Å²) >= 11 is 3.36. The molecule has 0 aliphatic heterocycles. The first-order valence-corrected chi connectivity index (χ1v) is 9.25. The Morgan fingerprint density at radius 3 is 2.18 bits per heavy atom. The van der Waals surface area contributed by atoms with Crippen LogP contribution < -0.4 is 0 Å². The molecular formula is C17H14BrNO2S. The number of halogens is 1. The zero-order chi connectivity index (χ0) is 15.9. The van der Waals surface area contributed by atoms with Crippen LogP contribution >= 0.6 is 15.9 Å². The quantitative estimate of drug-likeness (QED) is 0.818. The van der Waals surface area contributed by atoms with Gasteiger partial charge in [0.15, 0.2) is 9.84 Å². The van der Waals surface area contributed by atoms with Crippen molar-refractivity contribution in [1.82, 2.24) is 0 Å². The molecule has 3 atom stereocenters. The van der Waals surface area contributed by atoms with Crippen molar-refractivity contribution in [2.24, 2.45) is 5.92 Å². The van der Waals surface area contributed by atoms with Crippen molar-refractivity contribution in [1.29, 1.82) is 5.26 Å². The van der Waals surface area contributed by atoms with E-state index in [9.17, 15) is 13.7 Å². The first-order valence-electron chi connectivity index (χ1n) is 6.91. The molecule has 0 bridgehead atoms. The second-order valence-electron chi connectivity index (χ2n) is 5.55. The molecule has 22 heavy (non-hydrogen) atoms. The number of aryl methyl sites for hydroxylation is 1. The average Bonchev–Trinajstić information content (AvgIpc) is 3.24. The molecular weight excluding hydrogens is 362 g/mol. The number of sulfone groups is 1. The molecule has 0 unspecified atom stereocenters. The molecule has 0 heterocycles. The molecule has 1 aliphatic rings. The highest BCUT2D eigenvalue weighted by Gasteiger charge is 2.59. The van der Waals surface area contributed by atoms with Crippen LogP contribution in [0.4, 0.5) is 0 Å². The lowest BCUT2D eigenvalue weighted by Crippen LogP contribution is -2.10. The summed E-state index contributed by atoms with van der Waals surface area (Å²) < 4.78 is 26.5. The van der Waals surface area contributed by atoms with Crippen LogP contribution in [0.5, 0.6) is 0 Å². The summed E-state index contributed by atoms with van der Waals surface area (Å²) in [4.78, 5) is 0.294. The fourth-order valence-corrected chi connectivity index (χ4v) is 5.12. The van der Waals surface area contributed by atoms with Gasteiger partial charge >= 0.3 is 0 Å². The van der Waals surface area contributed by atoms with Gasteiger partial charge in [0.1, 0.15) is 0 Å². The number of benzene rings is 2. The average molecular weight is 376 g/mol. The van der Waals surface area contributed by atoms with E-state index in [1.165, 1.54) is 0 Å². The van der Waals surface area contributed by atoms with Crippen LogP contribution in [0.1, 0.15) is 17.0 Å². The predicted molar refractivity (Wildman–Crippen MR) is 88.1 cm³/mol. The van der Waals surface area contributed by atoms with Gasteiger partial charge in [0, 0.05) is 10.4 Å². The molecule has 1 fully saturated rings. The maximum Gasteiger partial charge on any atom is 0.183 e. The van der Waals surface area contributed by atoms with Gasteiger partial charge in [0.05, 0.1) is 22.1 Å². The van der Waals surface area contributed by atoms with Crippen LogP contribution in [0.2, 0.25) is 0 Å². The number of rotatable bonds is 3. The van der Waals surface area contributed by atoms with Crippen LogP contribution in [0.15, 0.2) is 57.9 Å². The minimum atomic E-state index is -3.49. The third kappa shape index (κ3) is 2.57. The van der Waals surface area contributed by atoms with Crippen molar-refractivity contribution in [3.8, 4) is 6.07 Å².